The molecule has 0 atom stereocenters. The summed E-state index contributed by atoms with van der Waals surface area (Å²) in [6.07, 6.45) is 6.30. The van der Waals surface area contributed by atoms with Crippen LogP contribution in [0.5, 0.6) is 11.5 Å². The summed E-state index contributed by atoms with van der Waals surface area (Å²) < 4.78 is 6.07. The number of nitrogens with zero attached hydrogens (tertiary/aromatic N) is 2. The highest BCUT2D eigenvalue weighted by Crippen LogP contribution is 2.47. The predicted octanol–water partition coefficient (Wildman–Crippen LogP) is 3.71. The SMILES string of the molecule is c1ccc2c(c1)Oc1cnccc1/C2=C1/CN2CCC1CC2. The molecular formula is C19H18N2O. The maximum atomic E-state index is 6.07. The molecule has 1 aromatic heterocycles. The van der Waals surface area contributed by atoms with Gasteiger partial charge in [-0.2, -0.15) is 0 Å². The molecule has 22 heavy (non-hydrogen) atoms. The average molecular weight is 290 g/mol. The molecule has 3 nitrogen and oxygen atoms in total. The molecule has 3 saturated heterocycles. The molecular weight excluding hydrogens is 272 g/mol. The molecule has 4 aliphatic heterocycles. The lowest BCUT2D eigenvalue weighted by Gasteiger charge is -2.43. The maximum Gasteiger partial charge on any atom is 0.153 e. The summed E-state index contributed by atoms with van der Waals surface area (Å²) in [7, 11) is 0. The fourth-order valence-electron chi connectivity index (χ4n) is 4.13. The first-order valence-electron chi connectivity index (χ1n) is 8.07. The van der Waals surface area contributed by atoms with E-state index in [0.717, 1.165) is 24.0 Å². The number of ether oxygens (including phenoxy) is 1. The third kappa shape index (κ3) is 1.75. The van der Waals surface area contributed by atoms with Crippen LogP contribution in [0.25, 0.3) is 5.57 Å². The minimum atomic E-state index is 0.729. The van der Waals surface area contributed by atoms with Crippen molar-refractivity contribution in [1.29, 1.82) is 0 Å². The molecule has 4 aliphatic rings. The highest BCUT2D eigenvalue weighted by Gasteiger charge is 2.34. The van der Waals surface area contributed by atoms with Crippen molar-refractivity contribution in [2.45, 2.75) is 12.8 Å². The third-order valence-corrected chi connectivity index (χ3v) is 5.23. The van der Waals surface area contributed by atoms with Crippen molar-refractivity contribution in [2.24, 2.45) is 5.92 Å². The number of hydrogen-bond acceptors (Lipinski definition) is 3. The Bertz CT molecular complexity index is 725. The Hall–Kier alpha value is -2.13. The molecule has 0 aliphatic carbocycles. The van der Waals surface area contributed by atoms with Gasteiger partial charge in [-0.05, 0) is 55.1 Å². The van der Waals surface area contributed by atoms with Gasteiger partial charge in [-0.1, -0.05) is 18.2 Å². The summed E-state index contributed by atoms with van der Waals surface area (Å²) in [5.41, 5.74) is 5.44. The van der Waals surface area contributed by atoms with Crippen LogP contribution >= 0.6 is 0 Å². The van der Waals surface area contributed by atoms with Crippen LogP contribution in [0.3, 0.4) is 0 Å². The quantitative estimate of drug-likeness (QED) is 0.631. The van der Waals surface area contributed by atoms with E-state index in [1.165, 1.54) is 42.6 Å². The molecule has 0 N–H and O–H groups in total. The van der Waals surface area contributed by atoms with Gasteiger partial charge in [0.05, 0.1) is 6.20 Å². The van der Waals surface area contributed by atoms with Crippen molar-refractivity contribution in [3.63, 3.8) is 0 Å². The molecule has 0 radical (unpaired) electrons. The molecule has 110 valence electrons. The van der Waals surface area contributed by atoms with Gasteiger partial charge in [-0.15, -0.1) is 0 Å². The Kier molecular flexibility index (Phi) is 2.64. The fraction of sp³-hybridized carbons (Fsp3) is 0.316. The zero-order valence-electron chi connectivity index (χ0n) is 12.5. The molecule has 3 heteroatoms. The minimum Gasteiger partial charge on any atom is -0.454 e. The van der Waals surface area contributed by atoms with E-state index in [1.807, 2.05) is 18.5 Å². The highest BCUT2D eigenvalue weighted by molar-refractivity contribution is 5.90. The standard InChI is InChI=1S/C19H18N2O/c1-2-4-17-14(3-1)19(15-5-8-20-11-18(15)22-17)16-12-21-9-6-13(16)7-10-21/h1-5,8,11,13H,6-7,9-10,12H2/b19-16-. The Morgan fingerprint density at radius 1 is 1.00 bits per heavy atom. The second-order valence-corrected chi connectivity index (χ2v) is 6.42. The van der Waals surface area contributed by atoms with Crippen LogP contribution in [0.15, 0.2) is 48.3 Å². The molecule has 6 rings (SSSR count). The van der Waals surface area contributed by atoms with E-state index >= 15 is 0 Å². The van der Waals surface area contributed by atoms with Gasteiger partial charge < -0.3 is 4.74 Å². The van der Waals surface area contributed by atoms with Gasteiger partial charge in [0.1, 0.15) is 5.75 Å². The number of para-hydroxylation sites is 1. The second-order valence-electron chi connectivity index (χ2n) is 6.42. The van der Waals surface area contributed by atoms with E-state index < -0.39 is 0 Å². The molecule has 0 amide bonds. The van der Waals surface area contributed by atoms with E-state index in [2.05, 4.69) is 34.1 Å². The predicted molar refractivity (Wildman–Crippen MR) is 85.9 cm³/mol. The summed E-state index contributed by atoms with van der Waals surface area (Å²) in [6, 6.07) is 10.5. The van der Waals surface area contributed by atoms with Crippen molar-refractivity contribution in [3.8, 4) is 11.5 Å². The Morgan fingerprint density at radius 2 is 1.82 bits per heavy atom. The van der Waals surface area contributed by atoms with E-state index in [1.54, 1.807) is 5.57 Å². The first-order valence-corrected chi connectivity index (χ1v) is 8.07. The van der Waals surface area contributed by atoms with Crippen molar-refractivity contribution in [1.82, 2.24) is 9.88 Å². The number of rotatable bonds is 0. The molecule has 0 saturated carbocycles. The molecule has 2 aromatic rings. The van der Waals surface area contributed by atoms with Crippen molar-refractivity contribution in [3.05, 3.63) is 59.4 Å². The van der Waals surface area contributed by atoms with Crippen LogP contribution in [0, 0.1) is 5.92 Å². The van der Waals surface area contributed by atoms with Crippen LogP contribution in [-0.4, -0.2) is 29.5 Å². The number of benzene rings is 1. The number of aromatic nitrogens is 1. The largest absolute Gasteiger partial charge is 0.454 e. The number of pyridine rings is 1. The summed E-state index contributed by atoms with van der Waals surface area (Å²) >= 11 is 0. The van der Waals surface area contributed by atoms with Gasteiger partial charge in [-0.3, -0.25) is 9.88 Å². The van der Waals surface area contributed by atoms with E-state index in [9.17, 15) is 0 Å². The Labute approximate surface area is 130 Å². The first-order chi connectivity index (χ1) is 10.9. The lowest BCUT2D eigenvalue weighted by atomic mass is 9.77. The van der Waals surface area contributed by atoms with Gasteiger partial charge in [0.25, 0.3) is 0 Å². The van der Waals surface area contributed by atoms with Crippen LogP contribution < -0.4 is 4.74 Å². The molecule has 2 bridgehead atoms. The molecule has 3 fully saturated rings. The summed E-state index contributed by atoms with van der Waals surface area (Å²) in [5, 5.41) is 0. The minimum absolute atomic E-state index is 0.729. The zero-order chi connectivity index (χ0) is 14.5. The van der Waals surface area contributed by atoms with Crippen molar-refractivity contribution in [2.75, 3.05) is 19.6 Å². The van der Waals surface area contributed by atoms with Gasteiger partial charge >= 0.3 is 0 Å². The fourth-order valence-corrected chi connectivity index (χ4v) is 4.13. The van der Waals surface area contributed by atoms with E-state index in [0.29, 0.717) is 0 Å². The van der Waals surface area contributed by atoms with Crippen LogP contribution in [0.1, 0.15) is 24.0 Å². The van der Waals surface area contributed by atoms with Crippen LogP contribution in [0.4, 0.5) is 0 Å². The van der Waals surface area contributed by atoms with Crippen LogP contribution in [-0.2, 0) is 0 Å². The van der Waals surface area contributed by atoms with Gasteiger partial charge in [-0.25, -0.2) is 0 Å². The smallest absolute Gasteiger partial charge is 0.153 e. The molecule has 0 unspecified atom stereocenters. The molecule has 0 spiro atoms. The Morgan fingerprint density at radius 3 is 2.64 bits per heavy atom. The average Bonchev–Trinajstić information content (AvgIpc) is 2.60. The monoisotopic (exact) mass is 290 g/mol. The summed E-state index contributed by atoms with van der Waals surface area (Å²) in [4.78, 5) is 6.83. The topological polar surface area (TPSA) is 25.4 Å². The second kappa shape index (κ2) is 4.68. The van der Waals surface area contributed by atoms with Crippen molar-refractivity contribution >= 4 is 5.57 Å². The first kappa shape index (κ1) is 12.4. The lowest BCUT2D eigenvalue weighted by molar-refractivity contribution is 0.162. The van der Waals surface area contributed by atoms with Crippen molar-refractivity contribution < 1.29 is 4.74 Å². The van der Waals surface area contributed by atoms with Gasteiger partial charge in [0.2, 0.25) is 0 Å². The molecule has 1 aromatic carbocycles. The summed E-state index contributed by atoms with van der Waals surface area (Å²) in [5.74, 6) is 2.58. The third-order valence-electron chi connectivity index (χ3n) is 5.23. The maximum absolute atomic E-state index is 6.07. The number of hydrogen-bond donors (Lipinski definition) is 0. The zero-order valence-corrected chi connectivity index (χ0v) is 12.5. The number of piperidine rings is 3. The van der Waals surface area contributed by atoms with Gasteiger partial charge in [0.15, 0.2) is 5.75 Å². The normalized spacial score (nSPS) is 28.7. The summed E-state index contributed by atoms with van der Waals surface area (Å²) in [6.45, 7) is 3.61. The Balaban J connectivity index is 1.78. The highest BCUT2D eigenvalue weighted by atomic mass is 16.5. The molecule has 5 heterocycles. The number of fused-ring (bicyclic) bond motifs is 5. The van der Waals surface area contributed by atoms with Gasteiger partial charge in [0, 0.05) is 23.9 Å². The van der Waals surface area contributed by atoms with E-state index in [-0.39, 0.29) is 0 Å². The van der Waals surface area contributed by atoms with E-state index in [4.69, 9.17) is 4.74 Å². The van der Waals surface area contributed by atoms with Crippen LogP contribution in [0.2, 0.25) is 0 Å². The lowest BCUT2D eigenvalue weighted by Crippen LogP contribution is -2.43.